The number of nitrogens with one attached hydrogen (secondary N) is 1. The predicted molar refractivity (Wildman–Crippen MR) is 36.0 cm³/mol. The molecule has 1 unspecified atom stereocenters. The molecular weight excluding hydrogens is 166 g/mol. The molecule has 0 aromatic carbocycles. The van der Waals surface area contributed by atoms with Gasteiger partial charge in [0.2, 0.25) is 11.8 Å². The molecule has 0 spiro atoms. The fourth-order valence-electron chi connectivity index (χ4n) is 0.483. The lowest BCUT2D eigenvalue weighted by Gasteiger charge is -2.02. The molecule has 0 aromatic rings. The molecule has 2 amide bonds. The van der Waals surface area contributed by atoms with Crippen molar-refractivity contribution in [2.75, 3.05) is 0 Å². The van der Waals surface area contributed by atoms with Crippen LogP contribution in [0.1, 0.15) is 6.92 Å². The summed E-state index contributed by atoms with van der Waals surface area (Å²) in [6.45, 7) is 1.04. The average Bonchev–Trinajstić information content (AvgIpc) is 1.85. The molecule has 0 bridgehead atoms. The van der Waals surface area contributed by atoms with E-state index in [0.29, 0.717) is 0 Å². The Morgan fingerprint density at radius 3 is 2.17 bits per heavy atom. The minimum atomic E-state index is -1.81. The lowest BCUT2D eigenvalue weighted by Crippen LogP contribution is -2.38. The molecule has 0 saturated carbocycles. The Morgan fingerprint density at radius 2 is 1.92 bits per heavy atom. The topological polar surface area (TPSA) is 101 Å². The SMILES string of the molecule is CC(=O)NC(=O)C(C=O)C(=O)O. The lowest BCUT2D eigenvalue weighted by atomic mass is 10.1. The molecule has 0 aliphatic rings. The predicted octanol–water partition coefficient (Wildman–Crippen LogP) is -1.45. The van der Waals surface area contributed by atoms with Crippen LogP contribution in [0.25, 0.3) is 0 Å². The average molecular weight is 173 g/mol. The second kappa shape index (κ2) is 4.22. The number of hydrogen-bond acceptors (Lipinski definition) is 4. The van der Waals surface area contributed by atoms with Crippen molar-refractivity contribution >= 4 is 24.1 Å². The molecule has 66 valence electrons. The van der Waals surface area contributed by atoms with E-state index in [1.54, 1.807) is 5.32 Å². The van der Waals surface area contributed by atoms with Gasteiger partial charge < -0.3 is 9.90 Å². The zero-order valence-corrected chi connectivity index (χ0v) is 6.23. The summed E-state index contributed by atoms with van der Waals surface area (Å²) in [6.07, 6.45) is -0.0411. The van der Waals surface area contributed by atoms with E-state index in [2.05, 4.69) is 0 Å². The Hall–Kier alpha value is -1.72. The van der Waals surface area contributed by atoms with Gasteiger partial charge in [0, 0.05) is 6.92 Å². The highest BCUT2D eigenvalue weighted by atomic mass is 16.4. The highest BCUT2D eigenvalue weighted by Crippen LogP contribution is 1.91. The van der Waals surface area contributed by atoms with E-state index in [4.69, 9.17) is 5.11 Å². The molecule has 0 aliphatic carbocycles. The number of rotatable bonds is 3. The molecule has 6 heteroatoms. The molecule has 0 aromatic heterocycles. The molecule has 1 atom stereocenters. The summed E-state index contributed by atoms with van der Waals surface area (Å²) in [6, 6.07) is 0. The lowest BCUT2D eigenvalue weighted by molar-refractivity contribution is -0.148. The highest BCUT2D eigenvalue weighted by Gasteiger charge is 2.25. The van der Waals surface area contributed by atoms with Crippen molar-refractivity contribution in [1.82, 2.24) is 5.32 Å². The number of carboxylic acids is 1. The number of carboxylic acid groups (broad SMARTS) is 1. The maximum absolute atomic E-state index is 10.7. The molecule has 2 N–H and O–H groups in total. The van der Waals surface area contributed by atoms with Gasteiger partial charge in [0.05, 0.1) is 0 Å². The van der Waals surface area contributed by atoms with Crippen LogP contribution in [-0.2, 0) is 19.2 Å². The summed E-state index contributed by atoms with van der Waals surface area (Å²) in [7, 11) is 0. The number of imide groups is 1. The molecular formula is C6H7NO5. The molecule has 0 heterocycles. The second-order valence-electron chi connectivity index (χ2n) is 2.00. The van der Waals surface area contributed by atoms with Crippen LogP contribution in [0.2, 0.25) is 0 Å². The van der Waals surface area contributed by atoms with Crippen LogP contribution in [0.3, 0.4) is 0 Å². The molecule has 12 heavy (non-hydrogen) atoms. The molecule has 0 rings (SSSR count). The zero-order valence-electron chi connectivity index (χ0n) is 6.23. The van der Waals surface area contributed by atoms with Crippen molar-refractivity contribution < 1.29 is 24.3 Å². The van der Waals surface area contributed by atoms with Crippen LogP contribution in [0.4, 0.5) is 0 Å². The fraction of sp³-hybridized carbons (Fsp3) is 0.333. The molecule has 0 saturated heterocycles. The normalized spacial score (nSPS) is 11.4. The maximum Gasteiger partial charge on any atom is 0.323 e. The van der Waals surface area contributed by atoms with E-state index in [1.807, 2.05) is 0 Å². The summed E-state index contributed by atoms with van der Waals surface area (Å²) in [5, 5.41) is 9.94. The van der Waals surface area contributed by atoms with Crippen molar-refractivity contribution in [2.45, 2.75) is 6.92 Å². The number of aldehydes is 1. The Kier molecular flexibility index (Phi) is 3.61. The number of aliphatic carboxylic acids is 1. The monoisotopic (exact) mass is 173 g/mol. The third-order valence-electron chi connectivity index (χ3n) is 0.984. The highest BCUT2D eigenvalue weighted by molar-refractivity contribution is 6.13. The van der Waals surface area contributed by atoms with Crippen molar-refractivity contribution in [1.29, 1.82) is 0 Å². The van der Waals surface area contributed by atoms with Gasteiger partial charge in [-0.25, -0.2) is 0 Å². The molecule has 6 nitrogen and oxygen atoms in total. The van der Waals surface area contributed by atoms with Crippen molar-refractivity contribution in [3.05, 3.63) is 0 Å². The van der Waals surface area contributed by atoms with E-state index in [1.165, 1.54) is 0 Å². The molecule has 0 radical (unpaired) electrons. The Balaban J connectivity index is 4.32. The van der Waals surface area contributed by atoms with Gasteiger partial charge in [0.1, 0.15) is 6.29 Å². The summed E-state index contributed by atoms with van der Waals surface area (Å²) >= 11 is 0. The first-order valence-electron chi connectivity index (χ1n) is 2.98. The van der Waals surface area contributed by atoms with Gasteiger partial charge >= 0.3 is 5.97 Å². The second-order valence-corrected chi connectivity index (χ2v) is 2.00. The quantitative estimate of drug-likeness (QED) is 0.401. The third kappa shape index (κ3) is 2.91. The van der Waals surface area contributed by atoms with Crippen LogP contribution < -0.4 is 5.32 Å². The third-order valence-corrected chi connectivity index (χ3v) is 0.984. The van der Waals surface area contributed by atoms with Crippen molar-refractivity contribution in [3.63, 3.8) is 0 Å². The summed E-state index contributed by atoms with van der Waals surface area (Å²) in [4.78, 5) is 41.1. The number of hydrogen-bond donors (Lipinski definition) is 2. The van der Waals surface area contributed by atoms with Crippen LogP contribution in [0.5, 0.6) is 0 Å². The maximum atomic E-state index is 10.7. The van der Waals surface area contributed by atoms with Gasteiger partial charge in [-0.3, -0.25) is 19.7 Å². The minimum Gasteiger partial charge on any atom is -0.480 e. The largest absolute Gasteiger partial charge is 0.480 e. The van der Waals surface area contributed by atoms with Gasteiger partial charge in [-0.1, -0.05) is 0 Å². The first-order chi connectivity index (χ1) is 5.49. The van der Waals surface area contributed by atoms with Crippen molar-refractivity contribution in [2.24, 2.45) is 5.92 Å². The van der Waals surface area contributed by atoms with Crippen LogP contribution in [-0.4, -0.2) is 29.2 Å². The number of amides is 2. The molecule has 0 fully saturated rings. The first-order valence-corrected chi connectivity index (χ1v) is 2.98. The summed E-state index contributed by atoms with van der Waals surface area (Å²) in [5.41, 5.74) is 0. The van der Waals surface area contributed by atoms with Crippen molar-refractivity contribution in [3.8, 4) is 0 Å². The Labute approximate surface area is 67.6 Å². The fourth-order valence-corrected chi connectivity index (χ4v) is 0.483. The van der Waals surface area contributed by atoms with Gasteiger partial charge in [-0.15, -0.1) is 0 Å². The summed E-state index contributed by atoms with van der Waals surface area (Å²) in [5.74, 6) is -5.21. The van der Waals surface area contributed by atoms with E-state index in [9.17, 15) is 19.2 Å². The van der Waals surface area contributed by atoms with E-state index < -0.39 is 23.7 Å². The van der Waals surface area contributed by atoms with Gasteiger partial charge in [-0.05, 0) is 0 Å². The number of carbonyl (C=O) groups excluding carboxylic acids is 3. The summed E-state index contributed by atoms with van der Waals surface area (Å²) < 4.78 is 0. The Morgan fingerprint density at radius 1 is 1.42 bits per heavy atom. The van der Waals surface area contributed by atoms with Crippen LogP contribution in [0, 0.1) is 5.92 Å². The van der Waals surface area contributed by atoms with Gasteiger partial charge in [0.25, 0.3) is 0 Å². The van der Waals surface area contributed by atoms with E-state index in [-0.39, 0.29) is 6.29 Å². The van der Waals surface area contributed by atoms with E-state index >= 15 is 0 Å². The van der Waals surface area contributed by atoms with Gasteiger partial charge in [-0.2, -0.15) is 0 Å². The first kappa shape index (κ1) is 10.3. The smallest absolute Gasteiger partial charge is 0.323 e. The Bertz CT molecular complexity index is 234. The van der Waals surface area contributed by atoms with E-state index in [0.717, 1.165) is 6.92 Å². The van der Waals surface area contributed by atoms with Gasteiger partial charge in [0.15, 0.2) is 5.92 Å². The minimum absolute atomic E-state index is 0.0411. The van der Waals surface area contributed by atoms with Crippen LogP contribution >= 0.6 is 0 Å². The molecule has 0 aliphatic heterocycles. The van der Waals surface area contributed by atoms with Crippen LogP contribution in [0.15, 0.2) is 0 Å². The number of carbonyl (C=O) groups is 4. The zero-order chi connectivity index (χ0) is 9.72. The standard InChI is InChI=1S/C6H7NO5/c1-3(9)7-5(10)4(2-8)6(11)12/h2,4H,1H3,(H,11,12)(H,7,9,10).